The Balaban J connectivity index is 1.88. The fourth-order valence-electron chi connectivity index (χ4n) is 1.51. The van der Waals surface area contributed by atoms with Crippen molar-refractivity contribution in [3.05, 3.63) is 46.2 Å². The molecule has 0 aliphatic rings. The molecule has 0 aliphatic carbocycles. The molecule has 0 fully saturated rings. The minimum Gasteiger partial charge on any atom is -0.483 e. The molecule has 0 saturated carbocycles. The summed E-state index contributed by atoms with van der Waals surface area (Å²) >= 11 is 1.53. The molecule has 0 radical (unpaired) electrons. The normalized spacial score (nSPS) is 10.9. The number of nitrogens with zero attached hydrogens (tertiary/aromatic N) is 1. The van der Waals surface area contributed by atoms with E-state index in [9.17, 15) is 4.39 Å². The fraction of sp³-hybridized carbons (Fsp3) is 0.357. The summed E-state index contributed by atoms with van der Waals surface area (Å²) in [6, 6.07) is 6.82. The maximum absolute atomic E-state index is 13.4. The minimum atomic E-state index is -0.347. The number of aromatic nitrogens is 1. The largest absolute Gasteiger partial charge is 0.483 e. The first-order chi connectivity index (χ1) is 9.15. The third-order valence-corrected chi connectivity index (χ3v) is 3.35. The lowest BCUT2D eigenvalue weighted by atomic mass is 10.3. The number of nitrogens with one attached hydrogen (secondary N) is 1. The third-order valence-electron chi connectivity index (χ3n) is 2.48. The highest BCUT2D eigenvalue weighted by molar-refractivity contribution is 7.09. The Labute approximate surface area is 116 Å². The van der Waals surface area contributed by atoms with Gasteiger partial charge < -0.3 is 10.1 Å². The summed E-state index contributed by atoms with van der Waals surface area (Å²) in [5.74, 6) is -0.0830. The summed E-state index contributed by atoms with van der Waals surface area (Å²) < 4.78 is 18.8. The molecule has 1 aromatic heterocycles. The van der Waals surface area contributed by atoms with Gasteiger partial charge in [-0.25, -0.2) is 9.37 Å². The zero-order valence-corrected chi connectivity index (χ0v) is 11.8. The minimum absolute atomic E-state index is 0.263. The van der Waals surface area contributed by atoms with Crippen molar-refractivity contribution in [3.63, 3.8) is 0 Å². The standard InChI is InChI=1S/C14H17FN2OS/c1-10(2)16-7-11-9-19-14(17-11)8-18-13-6-4-3-5-12(13)15/h3-6,9-10,16H,7-8H2,1-2H3. The van der Waals surface area contributed by atoms with Crippen LogP contribution < -0.4 is 10.1 Å². The molecule has 0 atom stereocenters. The van der Waals surface area contributed by atoms with Gasteiger partial charge in [0.1, 0.15) is 11.6 Å². The molecular weight excluding hydrogens is 263 g/mol. The lowest BCUT2D eigenvalue weighted by Crippen LogP contribution is -2.21. The molecule has 1 heterocycles. The number of hydrogen-bond donors (Lipinski definition) is 1. The number of thiazole rings is 1. The van der Waals surface area contributed by atoms with Crippen LogP contribution in [0.3, 0.4) is 0 Å². The van der Waals surface area contributed by atoms with Gasteiger partial charge in [0, 0.05) is 18.0 Å². The van der Waals surface area contributed by atoms with Gasteiger partial charge in [0.2, 0.25) is 0 Å². The van der Waals surface area contributed by atoms with Crippen LogP contribution in [-0.4, -0.2) is 11.0 Å². The Hall–Kier alpha value is -1.46. The molecule has 1 N–H and O–H groups in total. The van der Waals surface area contributed by atoms with Crippen LogP contribution in [0.2, 0.25) is 0 Å². The van der Waals surface area contributed by atoms with E-state index in [1.807, 2.05) is 5.38 Å². The van der Waals surface area contributed by atoms with Crippen LogP contribution in [0.5, 0.6) is 5.75 Å². The van der Waals surface area contributed by atoms with Crippen LogP contribution in [0, 0.1) is 5.82 Å². The van der Waals surface area contributed by atoms with E-state index in [-0.39, 0.29) is 11.6 Å². The third kappa shape index (κ3) is 4.29. The molecule has 2 rings (SSSR count). The zero-order valence-electron chi connectivity index (χ0n) is 11.0. The van der Waals surface area contributed by atoms with Crippen LogP contribution >= 0.6 is 11.3 Å². The molecule has 5 heteroatoms. The van der Waals surface area contributed by atoms with Gasteiger partial charge in [0.15, 0.2) is 11.6 Å². The van der Waals surface area contributed by atoms with Crippen molar-refractivity contribution in [1.82, 2.24) is 10.3 Å². The Bertz CT molecular complexity index is 528. The van der Waals surface area contributed by atoms with E-state index in [0.717, 1.165) is 17.2 Å². The molecule has 0 unspecified atom stereocenters. The number of halogens is 1. The first-order valence-corrected chi connectivity index (χ1v) is 7.07. The topological polar surface area (TPSA) is 34.1 Å². The van der Waals surface area contributed by atoms with Gasteiger partial charge in [-0.3, -0.25) is 0 Å². The monoisotopic (exact) mass is 280 g/mol. The molecule has 0 aliphatic heterocycles. The van der Waals surface area contributed by atoms with E-state index in [1.54, 1.807) is 18.2 Å². The maximum Gasteiger partial charge on any atom is 0.165 e. The van der Waals surface area contributed by atoms with Crippen molar-refractivity contribution in [2.75, 3.05) is 0 Å². The highest BCUT2D eigenvalue weighted by Crippen LogP contribution is 2.18. The van der Waals surface area contributed by atoms with Crippen molar-refractivity contribution < 1.29 is 9.13 Å². The van der Waals surface area contributed by atoms with E-state index < -0.39 is 0 Å². The quantitative estimate of drug-likeness (QED) is 0.881. The second-order valence-electron chi connectivity index (χ2n) is 4.49. The van der Waals surface area contributed by atoms with Crippen molar-refractivity contribution >= 4 is 11.3 Å². The number of benzene rings is 1. The van der Waals surface area contributed by atoms with Gasteiger partial charge in [-0.1, -0.05) is 26.0 Å². The van der Waals surface area contributed by atoms with E-state index in [2.05, 4.69) is 24.1 Å². The first-order valence-electron chi connectivity index (χ1n) is 6.19. The average molecular weight is 280 g/mol. The summed E-state index contributed by atoms with van der Waals surface area (Å²) in [6.45, 7) is 5.23. The van der Waals surface area contributed by atoms with Crippen LogP contribution in [0.1, 0.15) is 24.5 Å². The van der Waals surface area contributed by atoms with Crippen molar-refractivity contribution in [3.8, 4) is 5.75 Å². The van der Waals surface area contributed by atoms with Crippen molar-refractivity contribution in [2.24, 2.45) is 0 Å². The van der Waals surface area contributed by atoms with E-state index >= 15 is 0 Å². The SMILES string of the molecule is CC(C)NCc1csc(COc2ccccc2F)n1. The predicted molar refractivity (Wildman–Crippen MR) is 74.8 cm³/mol. The lowest BCUT2D eigenvalue weighted by molar-refractivity contribution is 0.289. The number of hydrogen-bond acceptors (Lipinski definition) is 4. The molecule has 0 amide bonds. The number of para-hydroxylation sites is 1. The summed E-state index contributed by atoms with van der Waals surface area (Å²) in [6.07, 6.45) is 0. The van der Waals surface area contributed by atoms with E-state index in [1.165, 1.54) is 17.4 Å². The molecule has 3 nitrogen and oxygen atoms in total. The fourth-order valence-corrected chi connectivity index (χ4v) is 2.21. The summed E-state index contributed by atoms with van der Waals surface area (Å²) in [5.41, 5.74) is 0.992. The molecule has 0 spiro atoms. The first kappa shape index (κ1) is 14.0. The van der Waals surface area contributed by atoms with Gasteiger partial charge in [0.05, 0.1) is 5.69 Å². The molecular formula is C14H17FN2OS. The summed E-state index contributed by atoms with van der Waals surface area (Å²) in [5, 5.41) is 6.15. The van der Waals surface area contributed by atoms with Crippen LogP contribution in [0.15, 0.2) is 29.6 Å². The number of ether oxygens (including phenoxy) is 1. The smallest absolute Gasteiger partial charge is 0.165 e. The Morgan fingerprint density at radius 1 is 1.37 bits per heavy atom. The van der Waals surface area contributed by atoms with E-state index in [0.29, 0.717) is 12.6 Å². The van der Waals surface area contributed by atoms with Gasteiger partial charge in [-0.05, 0) is 12.1 Å². The summed E-state index contributed by atoms with van der Waals surface area (Å²) in [4.78, 5) is 4.44. The van der Waals surface area contributed by atoms with Crippen LogP contribution in [0.25, 0.3) is 0 Å². The van der Waals surface area contributed by atoms with Crippen molar-refractivity contribution in [1.29, 1.82) is 0 Å². The van der Waals surface area contributed by atoms with Gasteiger partial charge >= 0.3 is 0 Å². The highest BCUT2D eigenvalue weighted by atomic mass is 32.1. The molecule has 102 valence electrons. The molecule has 1 aromatic carbocycles. The van der Waals surface area contributed by atoms with E-state index in [4.69, 9.17) is 4.74 Å². The van der Waals surface area contributed by atoms with Gasteiger partial charge in [0.25, 0.3) is 0 Å². The predicted octanol–water partition coefficient (Wildman–Crippen LogP) is 3.36. The lowest BCUT2D eigenvalue weighted by Gasteiger charge is -2.05. The Morgan fingerprint density at radius 2 is 2.16 bits per heavy atom. The summed E-state index contributed by atoms with van der Waals surface area (Å²) in [7, 11) is 0. The second kappa shape index (κ2) is 6.63. The van der Waals surface area contributed by atoms with Crippen molar-refractivity contribution in [2.45, 2.75) is 33.0 Å². The van der Waals surface area contributed by atoms with Crippen LogP contribution in [0.4, 0.5) is 4.39 Å². The number of rotatable bonds is 6. The zero-order chi connectivity index (χ0) is 13.7. The molecule has 0 saturated heterocycles. The maximum atomic E-state index is 13.4. The molecule has 19 heavy (non-hydrogen) atoms. The highest BCUT2D eigenvalue weighted by Gasteiger charge is 2.06. The second-order valence-corrected chi connectivity index (χ2v) is 5.43. The average Bonchev–Trinajstić information content (AvgIpc) is 2.83. The Kier molecular flexibility index (Phi) is 4.87. The van der Waals surface area contributed by atoms with Gasteiger partial charge in [-0.15, -0.1) is 11.3 Å². The van der Waals surface area contributed by atoms with Crippen LogP contribution in [-0.2, 0) is 13.2 Å². The Morgan fingerprint density at radius 3 is 2.89 bits per heavy atom. The molecule has 0 bridgehead atoms. The van der Waals surface area contributed by atoms with Gasteiger partial charge in [-0.2, -0.15) is 0 Å². The molecule has 2 aromatic rings.